The predicted octanol–water partition coefficient (Wildman–Crippen LogP) is 4.32. The Morgan fingerprint density at radius 3 is 2.86 bits per heavy atom. The molecule has 0 radical (unpaired) electrons. The molecule has 0 saturated carbocycles. The van der Waals surface area contributed by atoms with Gasteiger partial charge in [-0.05, 0) is 24.6 Å². The Balaban J connectivity index is 1.90. The standard InChI is InChI=1S/C15H15FO3S2/c1-2-10-9-12(14(21-10)15(17)18)19-7-8-20-13-6-4-3-5-11(13)16/h3-6,9H,2,7-8H2,1H3,(H,17,18). The average molecular weight is 326 g/mol. The molecule has 3 nitrogen and oxygen atoms in total. The summed E-state index contributed by atoms with van der Waals surface area (Å²) in [5, 5.41) is 9.12. The predicted molar refractivity (Wildman–Crippen MR) is 83.3 cm³/mol. The number of thioether (sulfide) groups is 1. The fraction of sp³-hybridized carbons (Fsp3) is 0.267. The second-order valence-corrected chi connectivity index (χ2v) is 6.47. The van der Waals surface area contributed by atoms with E-state index in [1.165, 1.54) is 29.2 Å². The summed E-state index contributed by atoms with van der Waals surface area (Å²) in [5.74, 6) is -0.274. The van der Waals surface area contributed by atoms with Crippen LogP contribution in [0.15, 0.2) is 35.2 Å². The van der Waals surface area contributed by atoms with Crippen molar-refractivity contribution in [1.29, 1.82) is 0 Å². The summed E-state index contributed by atoms with van der Waals surface area (Å²) in [5.41, 5.74) is 0. The minimum absolute atomic E-state index is 0.225. The lowest BCUT2D eigenvalue weighted by molar-refractivity contribution is 0.0698. The first-order valence-electron chi connectivity index (χ1n) is 6.48. The van der Waals surface area contributed by atoms with Crippen LogP contribution in [0.5, 0.6) is 5.75 Å². The van der Waals surface area contributed by atoms with E-state index in [0.717, 1.165) is 11.3 Å². The first-order valence-corrected chi connectivity index (χ1v) is 8.28. The summed E-state index contributed by atoms with van der Waals surface area (Å²) >= 11 is 2.58. The molecule has 0 amide bonds. The summed E-state index contributed by atoms with van der Waals surface area (Å²) in [6.45, 7) is 2.30. The molecule has 0 bridgehead atoms. The minimum atomic E-state index is -0.976. The van der Waals surface area contributed by atoms with Gasteiger partial charge in [0.2, 0.25) is 0 Å². The van der Waals surface area contributed by atoms with Gasteiger partial charge in [-0.25, -0.2) is 9.18 Å². The Bertz CT molecular complexity index is 625. The van der Waals surface area contributed by atoms with Gasteiger partial charge < -0.3 is 9.84 Å². The number of rotatable bonds is 7. The third kappa shape index (κ3) is 4.22. The van der Waals surface area contributed by atoms with Gasteiger partial charge in [-0.2, -0.15) is 0 Å². The number of carboxylic acids is 1. The molecule has 112 valence electrons. The van der Waals surface area contributed by atoms with Crippen LogP contribution in [-0.2, 0) is 6.42 Å². The molecule has 21 heavy (non-hydrogen) atoms. The number of benzene rings is 1. The molecule has 0 spiro atoms. The normalized spacial score (nSPS) is 10.6. The van der Waals surface area contributed by atoms with E-state index in [4.69, 9.17) is 9.84 Å². The van der Waals surface area contributed by atoms with E-state index in [9.17, 15) is 9.18 Å². The van der Waals surface area contributed by atoms with Crippen LogP contribution < -0.4 is 4.74 Å². The quantitative estimate of drug-likeness (QED) is 0.608. The van der Waals surface area contributed by atoms with Gasteiger partial charge in [0.1, 0.15) is 11.6 Å². The number of hydrogen-bond donors (Lipinski definition) is 1. The second-order valence-electron chi connectivity index (χ2n) is 4.19. The largest absolute Gasteiger partial charge is 0.491 e. The fourth-order valence-electron chi connectivity index (χ4n) is 1.72. The molecule has 0 saturated heterocycles. The van der Waals surface area contributed by atoms with Crippen molar-refractivity contribution in [3.8, 4) is 5.75 Å². The summed E-state index contributed by atoms with van der Waals surface area (Å²) in [6, 6.07) is 8.32. The monoisotopic (exact) mass is 326 g/mol. The van der Waals surface area contributed by atoms with Gasteiger partial charge in [-0.3, -0.25) is 0 Å². The molecule has 1 aromatic heterocycles. The highest BCUT2D eigenvalue weighted by atomic mass is 32.2. The summed E-state index contributed by atoms with van der Waals surface area (Å²) < 4.78 is 19.0. The molecule has 1 aromatic carbocycles. The summed E-state index contributed by atoms with van der Waals surface area (Å²) in [4.78, 5) is 12.9. The van der Waals surface area contributed by atoms with Crippen LogP contribution in [0.3, 0.4) is 0 Å². The maximum Gasteiger partial charge on any atom is 0.349 e. The number of carboxylic acid groups (broad SMARTS) is 1. The molecule has 2 aromatic rings. The molecule has 1 heterocycles. The van der Waals surface area contributed by atoms with Gasteiger partial charge in [0.05, 0.1) is 6.61 Å². The first kappa shape index (κ1) is 15.9. The van der Waals surface area contributed by atoms with Crippen molar-refractivity contribution < 1.29 is 19.0 Å². The number of aryl methyl sites for hydroxylation is 1. The van der Waals surface area contributed by atoms with Crippen LogP contribution in [0.1, 0.15) is 21.5 Å². The Morgan fingerprint density at radius 1 is 1.43 bits per heavy atom. The molecule has 0 aliphatic carbocycles. The van der Waals surface area contributed by atoms with Crippen molar-refractivity contribution >= 4 is 29.1 Å². The van der Waals surface area contributed by atoms with Gasteiger partial charge in [0, 0.05) is 15.5 Å². The van der Waals surface area contributed by atoms with Gasteiger partial charge in [0.15, 0.2) is 4.88 Å². The first-order chi connectivity index (χ1) is 10.1. The Morgan fingerprint density at radius 2 is 2.19 bits per heavy atom. The van der Waals surface area contributed by atoms with Crippen molar-refractivity contribution in [3.63, 3.8) is 0 Å². The highest BCUT2D eigenvalue weighted by Gasteiger charge is 2.16. The van der Waals surface area contributed by atoms with Crippen LogP contribution in [0.2, 0.25) is 0 Å². The number of thiophene rings is 1. The third-order valence-electron chi connectivity index (χ3n) is 2.73. The highest BCUT2D eigenvalue weighted by molar-refractivity contribution is 7.99. The lowest BCUT2D eigenvalue weighted by Gasteiger charge is -2.06. The highest BCUT2D eigenvalue weighted by Crippen LogP contribution is 2.30. The van der Waals surface area contributed by atoms with E-state index in [1.54, 1.807) is 24.3 Å². The zero-order valence-electron chi connectivity index (χ0n) is 11.5. The Hall–Kier alpha value is -1.53. The molecule has 0 fully saturated rings. The van der Waals surface area contributed by atoms with E-state index < -0.39 is 5.97 Å². The van der Waals surface area contributed by atoms with Crippen molar-refractivity contribution in [2.75, 3.05) is 12.4 Å². The SMILES string of the molecule is CCc1cc(OCCSc2ccccc2F)c(C(=O)O)s1. The average Bonchev–Trinajstić information content (AvgIpc) is 2.89. The van der Waals surface area contributed by atoms with Gasteiger partial charge >= 0.3 is 5.97 Å². The smallest absolute Gasteiger partial charge is 0.349 e. The van der Waals surface area contributed by atoms with Crippen LogP contribution in [-0.4, -0.2) is 23.4 Å². The van der Waals surface area contributed by atoms with E-state index >= 15 is 0 Å². The molecule has 1 N–H and O–H groups in total. The van der Waals surface area contributed by atoms with Crippen LogP contribution in [0.4, 0.5) is 4.39 Å². The minimum Gasteiger partial charge on any atom is -0.491 e. The van der Waals surface area contributed by atoms with Crippen molar-refractivity contribution in [2.24, 2.45) is 0 Å². The number of halogens is 1. The van der Waals surface area contributed by atoms with E-state index in [-0.39, 0.29) is 10.7 Å². The van der Waals surface area contributed by atoms with E-state index in [0.29, 0.717) is 23.0 Å². The van der Waals surface area contributed by atoms with Crippen LogP contribution in [0, 0.1) is 5.82 Å². The van der Waals surface area contributed by atoms with E-state index in [2.05, 4.69) is 0 Å². The lowest BCUT2D eigenvalue weighted by Crippen LogP contribution is -2.03. The van der Waals surface area contributed by atoms with Gasteiger partial charge in [-0.1, -0.05) is 19.1 Å². The van der Waals surface area contributed by atoms with Crippen molar-refractivity contribution in [3.05, 3.63) is 45.9 Å². The Kier molecular flexibility index (Phi) is 5.64. The molecule has 0 aliphatic heterocycles. The number of aromatic carboxylic acids is 1. The molecular weight excluding hydrogens is 311 g/mol. The molecular formula is C15H15FO3S2. The maximum absolute atomic E-state index is 13.4. The number of carbonyl (C=O) groups is 1. The number of hydrogen-bond acceptors (Lipinski definition) is 4. The van der Waals surface area contributed by atoms with Crippen molar-refractivity contribution in [2.45, 2.75) is 18.2 Å². The molecule has 0 aliphatic rings. The third-order valence-corrected chi connectivity index (χ3v) is 4.99. The summed E-state index contributed by atoms with van der Waals surface area (Å²) in [6.07, 6.45) is 0.776. The van der Waals surface area contributed by atoms with Crippen LogP contribution >= 0.6 is 23.1 Å². The second kappa shape index (κ2) is 7.47. The van der Waals surface area contributed by atoms with E-state index in [1.807, 2.05) is 6.92 Å². The van der Waals surface area contributed by atoms with Crippen LogP contribution in [0.25, 0.3) is 0 Å². The topological polar surface area (TPSA) is 46.5 Å². The lowest BCUT2D eigenvalue weighted by atomic mass is 10.3. The molecule has 0 unspecified atom stereocenters. The van der Waals surface area contributed by atoms with Crippen molar-refractivity contribution in [1.82, 2.24) is 0 Å². The Labute approximate surface area is 130 Å². The summed E-state index contributed by atoms with van der Waals surface area (Å²) in [7, 11) is 0. The molecule has 2 rings (SSSR count). The zero-order valence-corrected chi connectivity index (χ0v) is 13.1. The van der Waals surface area contributed by atoms with Gasteiger partial charge in [-0.15, -0.1) is 23.1 Å². The fourth-order valence-corrected chi connectivity index (χ4v) is 3.36. The molecule has 6 heteroatoms. The number of ether oxygens (including phenoxy) is 1. The zero-order chi connectivity index (χ0) is 15.2. The maximum atomic E-state index is 13.4. The molecule has 0 atom stereocenters. The van der Waals surface area contributed by atoms with Gasteiger partial charge in [0.25, 0.3) is 0 Å².